The van der Waals surface area contributed by atoms with E-state index in [2.05, 4.69) is 0 Å². The van der Waals surface area contributed by atoms with Crippen LogP contribution in [-0.2, 0) is 0 Å². The third-order valence-electron chi connectivity index (χ3n) is 2.87. The zero-order valence-electron chi connectivity index (χ0n) is 11.5. The van der Waals surface area contributed by atoms with Gasteiger partial charge in [-0.3, -0.25) is 4.79 Å². The van der Waals surface area contributed by atoms with Crippen LogP contribution in [0.3, 0.4) is 0 Å². The third-order valence-corrected chi connectivity index (χ3v) is 2.87. The van der Waals surface area contributed by atoms with Crippen LogP contribution in [0.4, 0.5) is 4.39 Å². The number of ketones is 1. The number of nitrogens with two attached hydrogens (primary N) is 1. The largest absolute Gasteiger partial charge is 0.487 e. The van der Waals surface area contributed by atoms with Gasteiger partial charge in [-0.25, -0.2) is 4.39 Å². The Balaban J connectivity index is 2.02. The first kappa shape index (κ1) is 14.9. The SMILES string of the molecule is NCC=C(F)COc1ccc(C(=O)c2ccccc2)cc1. The maximum atomic E-state index is 13.1. The molecule has 0 amide bonds. The van der Waals surface area contributed by atoms with Crippen molar-refractivity contribution in [3.8, 4) is 5.75 Å². The lowest BCUT2D eigenvalue weighted by atomic mass is 10.0. The number of rotatable bonds is 6. The predicted molar refractivity (Wildman–Crippen MR) is 80.1 cm³/mol. The molecule has 0 heterocycles. The van der Waals surface area contributed by atoms with Gasteiger partial charge in [-0.05, 0) is 30.3 Å². The summed E-state index contributed by atoms with van der Waals surface area (Å²) in [6.45, 7) is -0.0249. The van der Waals surface area contributed by atoms with Gasteiger partial charge in [-0.2, -0.15) is 0 Å². The van der Waals surface area contributed by atoms with Crippen molar-refractivity contribution in [3.63, 3.8) is 0 Å². The van der Waals surface area contributed by atoms with Gasteiger partial charge in [0.1, 0.15) is 18.2 Å². The highest BCUT2D eigenvalue weighted by Gasteiger charge is 2.08. The average molecular weight is 285 g/mol. The van der Waals surface area contributed by atoms with E-state index in [0.29, 0.717) is 16.9 Å². The minimum Gasteiger partial charge on any atom is -0.487 e. The number of ether oxygens (including phenoxy) is 1. The number of benzene rings is 2. The lowest BCUT2D eigenvalue weighted by Gasteiger charge is -2.06. The van der Waals surface area contributed by atoms with E-state index in [1.807, 2.05) is 18.2 Å². The fourth-order valence-corrected chi connectivity index (χ4v) is 1.80. The van der Waals surface area contributed by atoms with Crippen LogP contribution in [0, 0.1) is 0 Å². The molecule has 2 rings (SSSR count). The molecule has 3 nitrogen and oxygen atoms in total. The summed E-state index contributed by atoms with van der Waals surface area (Å²) in [7, 11) is 0. The van der Waals surface area contributed by atoms with Gasteiger partial charge < -0.3 is 10.5 Å². The summed E-state index contributed by atoms with van der Waals surface area (Å²) in [6.07, 6.45) is 1.26. The zero-order valence-corrected chi connectivity index (χ0v) is 11.5. The molecule has 0 radical (unpaired) electrons. The minimum atomic E-state index is -0.415. The molecule has 0 saturated heterocycles. The second-order valence-electron chi connectivity index (χ2n) is 4.39. The number of carbonyl (C=O) groups is 1. The molecular formula is C17H16FNO2. The van der Waals surface area contributed by atoms with Crippen LogP contribution in [0.2, 0.25) is 0 Å². The van der Waals surface area contributed by atoms with Gasteiger partial charge in [0, 0.05) is 17.7 Å². The van der Waals surface area contributed by atoms with Gasteiger partial charge in [-0.1, -0.05) is 30.3 Å². The normalized spacial score (nSPS) is 11.2. The van der Waals surface area contributed by atoms with Gasteiger partial charge in [0.05, 0.1) is 0 Å². The summed E-state index contributed by atoms with van der Waals surface area (Å²) in [6, 6.07) is 15.6. The summed E-state index contributed by atoms with van der Waals surface area (Å²) >= 11 is 0. The van der Waals surface area contributed by atoms with Crippen LogP contribution in [0.15, 0.2) is 66.5 Å². The summed E-state index contributed by atoms with van der Waals surface area (Å²) in [4.78, 5) is 12.2. The van der Waals surface area contributed by atoms with E-state index in [0.717, 1.165) is 0 Å². The molecule has 0 saturated carbocycles. The van der Waals surface area contributed by atoms with Crippen molar-refractivity contribution in [2.75, 3.05) is 13.2 Å². The molecule has 0 aromatic heterocycles. The number of halogens is 1. The third kappa shape index (κ3) is 4.26. The van der Waals surface area contributed by atoms with Crippen molar-refractivity contribution < 1.29 is 13.9 Å². The number of hydrogen-bond acceptors (Lipinski definition) is 3. The van der Waals surface area contributed by atoms with E-state index >= 15 is 0 Å². The van der Waals surface area contributed by atoms with Crippen LogP contribution in [0.25, 0.3) is 0 Å². The number of hydrogen-bond donors (Lipinski definition) is 1. The van der Waals surface area contributed by atoms with E-state index in [9.17, 15) is 9.18 Å². The first-order valence-electron chi connectivity index (χ1n) is 6.58. The molecule has 0 atom stereocenters. The van der Waals surface area contributed by atoms with E-state index in [4.69, 9.17) is 10.5 Å². The molecule has 0 aliphatic carbocycles. The lowest BCUT2D eigenvalue weighted by Crippen LogP contribution is -2.03. The molecule has 0 aliphatic heterocycles. The molecule has 0 bridgehead atoms. The lowest BCUT2D eigenvalue weighted by molar-refractivity contribution is 0.103. The number of carbonyl (C=O) groups excluding carboxylic acids is 1. The Labute approximate surface area is 122 Å². The van der Waals surface area contributed by atoms with Crippen LogP contribution in [-0.4, -0.2) is 18.9 Å². The Morgan fingerprint density at radius 1 is 1.05 bits per heavy atom. The molecular weight excluding hydrogens is 269 g/mol. The van der Waals surface area contributed by atoms with Crippen molar-refractivity contribution in [2.24, 2.45) is 5.73 Å². The Bertz CT molecular complexity index is 621. The predicted octanol–water partition coefficient (Wildman–Crippen LogP) is 3.11. The van der Waals surface area contributed by atoms with Crippen molar-refractivity contribution in [2.45, 2.75) is 0 Å². The molecule has 2 aromatic rings. The Morgan fingerprint density at radius 3 is 2.29 bits per heavy atom. The first-order chi connectivity index (χ1) is 10.2. The van der Waals surface area contributed by atoms with Crippen LogP contribution in [0.1, 0.15) is 15.9 Å². The summed E-state index contributed by atoms with van der Waals surface area (Å²) in [5, 5.41) is 0. The van der Waals surface area contributed by atoms with E-state index in [1.54, 1.807) is 36.4 Å². The van der Waals surface area contributed by atoms with Gasteiger partial charge in [-0.15, -0.1) is 0 Å². The van der Waals surface area contributed by atoms with E-state index in [1.165, 1.54) is 6.08 Å². The highest BCUT2D eigenvalue weighted by Crippen LogP contribution is 2.16. The quantitative estimate of drug-likeness (QED) is 0.830. The van der Waals surface area contributed by atoms with Crippen molar-refractivity contribution in [1.82, 2.24) is 0 Å². The van der Waals surface area contributed by atoms with Crippen molar-refractivity contribution in [3.05, 3.63) is 77.6 Å². The van der Waals surface area contributed by atoms with Crippen LogP contribution >= 0.6 is 0 Å². The Morgan fingerprint density at radius 2 is 1.67 bits per heavy atom. The zero-order chi connectivity index (χ0) is 15.1. The molecule has 0 unspecified atom stereocenters. The maximum absolute atomic E-state index is 13.1. The fourth-order valence-electron chi connectivity index (χ4n) is 1.80. The van der Waals surface area contributed by atoms with Gasteiger partial charge in [0.25, 0.3) is 0 Å². The molecule has 2 aromatic carbocycles. The Kier molecular flexibility index (Phi) is 5.23. The first-order valence-corrected chi connectivity index (χ1v) is 6.58. The second-order valence-corrected chi connectivity index (χ2v) is 4.39. The van der Waals surface area contributed by atoms with Crippen LogP contribution < -0.4 is 10.5 Å². The van der Waals surface area contributed by atoms with Crippen molar-refractivity contribution >= 4 is 5.78 Å². The smallest absolute Gasteiger partial charge is 0.193 e. The highest BCUT2D eigenvalue weighted by molar-refractivity contribution is 6.08. The molecule has 0 aliphatic rings. The molecule has 108 valence electrons. The molecule has 0 spiro atoms. The van der Waals surface area contributed by atoms with E-state index in [-0.39, 0.29) is 18.9 Å². The molecule has 2 N–H and O–H groups in total. The second kappa shape index (κ2) is 7.36. The van der Waals surface area contributed by atoms with Gasteiger partial charge in [0.2, 0.25) is 0 Å². The van der Waals surface area contributed by atoms with Crippen LogP contribution in [0.5, 0.6) is 5.75 Å². The topological polar surface area (TPSA) is 52.3 Å². The summed E-state index contributed by atoms with van der Waals surface area (Å²) in [5.41, 5.74) is 6.39. The van der Waals surface area contributed by atoms with Crippen molar-refractivity contribution in [1.29, 1.82) is 0 Å². The molecule has 4 heteroatoms. The van der Waals surface area contributed by atoms with Gasteiger partial charge in [0.15, 0.2) is 5.78 Å². The maximum Gasteiger partial charge on any atom is 0.193 e. The minimum absolute atomic E-state index is 0.0589. The Hall–Kier alpha value is -2.46. The monoisotopic (exact) mass is 285 g/mol. The summed E-state index contributed by atoms with van der Waals surface area (Å²) < 4.78 is 18.4. The highest BCUT2D eigenvalue weighted by atomic mass is 19.1. The molecule has 0 fully saturated rings. The van der Waals surface area contributed by atoms with Gasteiger partial charge >= 0.3 is 0 Å². The average Bonchev–Trinajstić information content (AvgIpc) is 2.54. The standard InChI is InChI=1S/C17H16FNO2/c18-15(10-11-19)12-21-16-8-6-14(7-9-16)17(20)13-4-2-1-3-5-13/h1-10H,11-12,19H2. The fraction of sp³-hybridized carbons (Fsp3) is 0.118. The molecule has 21 heavy (non-hydrogen) atoms. The summed E-state index contributed by atoms with van der Waals surface area (Å²) in [5.74, 6) is 0.0264. The van der Waals surface area contributed by atoms with E-state index < -0.39 is 5.83 Å².